The quantitative estimate of drug-likeness (QED) is 0.726. The normalized spacial score (nSPS) is 29.2. The van der Waals surface area contributed by atoms with Crippen LogP contribution >= 0.6 is 15.9 Å². The molecule has 0 aliphatic heterocycles. The van der Waals surface area contributed by atoms with Gasteiger partial charge in [0.25, 0.3) is 0 Å². The van der Waals surface area contributed by atoms with E-state index in [1.165, 1.54) is 0 Å². The molecule has 0 heterocycles. The van der Waals surface area contributed by atoms with Crippen LogP contribution in [0.5, 0.6) is 0 Å². The summed E-state index contributed by atoms with van der Waals surface area (Å²) in [6.07, 6.45) is 0. The molecule has 0 saturated heterocycles. The van der Waals surface area contributed by atoms with Crippen molar-refractivity contribution in [2.24, 2.45) is 0 Å². The second kappa shape index (κ2) is 3.20. The lowest BCUT2D eigenvalue weighted by molar-refractivity contribution is -0.280. The van der Waals surface area contributed by atoms with E-state index in [9.17, 15) is 27.1 Å². The van der Waals surface area contributed by atoms with Crippen LogP contribution in [-0.4, -0.2) is 11.0 Å². The Balaban J connectivity index is 2.88. The van der Waals surface area contributed by atoms with Gasteiger partial charge in [-0.05, 0) is 35.0 Å². The lowest BCUT2D eigenvalue weighted by Gasteiger charge is -2.29. The average molecular weight is 317 g/mol. The van der Waals surface area contributed by atoms with E-state index >= 15 is 0 Å². The van der Waals surface area contributed by atoms with Crippen molar-refractivity contribution in [1.29, 1.82) is 0 Å². The van der Waals surface area contributed by atoms with Gasteiger partial charge < -0.3 is 5.11 Å². The summed E-state index contributed by atoms with van der Waals surface area (Å²) in [5, 5.41) is 9.59. The molecule has 0 fully saturated rings. The Hall–Kier alpha value is -0.690. The molecule has 0 bridgehead atoms. The molecule has 1 aliphatic carbocycles. The fourth-order valence-corrected chi connectivity index (χ4v) is 2.65. The molecule has 1 aliphatic rings. The summed E-state index contributed by atoms with van der Waals surface area (Å²) in [6.45, 7) is 0.539. The van der Waals surface area contributed by atoms with Gasteiger partial charge in [-0.25, -0.2) is 4.39 Å². The Morgan fingerprint density at radius 1 is 1.18 bits per heavy atom. The van der Waals surface area contributed by atoms with Gasteiger partial charge in [0, 0.05) is 11.1 Å². The van der Waals surface area contributed by atoms with E-state index in [1.807, 2.05) is 0 Å². The lowest BCUT2D eigenvalue weighted by Crippen LogP contribution is -2.46. The van der Waals surface area contributed by atoms with Crippen LogP contribution in [0.15, 0.2) is 16.6 Å². The summed E-state index contributed by atoms with van der Waals surface area (Å²) in [6, 6.07) is 1.21. The number of benzene rings is 1. The second-order valence-electron chi connectivity index (χ2n) is 4.00. The van der Waals surface area contributed by atoms with Gasteiger partial charge in [0.15, 0.2) is 5.60 Å². The van der Waals surface area contributed by atoms with Crippen LogP contribution < -0.4 is 0 Å². The minimum atomic E-state index is -4.70. The Bertz CT molecular complexity index is 498. The number of hydrogen-bond donors (Lipinski definition) is 1. The van der Waals surface area contributed by atoms with Crippen molar-refractivity contribution in [1.82, 2.24) is 0 Å². The van der Waals surface area contributed by atoms with E-state index in [1.54, 1.807) is 0 Å². The van der Waals surface area contributed by atoms with Crippen molar-refractivity contribution < 1.29 is 27.1 Å². The molecule has 2 rings (SSSR count). The number of rotatable bonds is 0. The first kappa shape index (κ1) is 12.8. The Morgan fingerprint density at radius 3 is 2.24 bits per heavy atom. The molecule has 0 saturated carbocycles. The maximum atomic E-state index is 13.5. The van der Waals surface area contributed by atoms with Gasteiger partial charge in [-0.15, -0.1) is 0 Å². The summed E-state index contributed by atoms with van der Waals surface area (Å²) in [4.78, 5) is 0. The predicted octanol–water partition coefficient (Wildman–Crippen LogP) is 3.54. The molecule has 0 radical (unpaired) electrons. The minimum absolute atomic E-state index is 0.539. The highest BCUT2D eigenvalue weighted by atomic mass is 79.9. The smallest absolute Gasteiger partial charge is 0.346 e. The van der Waals surface area contributed by atoms with E-state index < -0.39 is 38.9 Å². The highest BCUT2D eigenvalue weighted by molar-refractivity contribution is 9.10. The summed E-state index contributed by atoms with van der Waals surface area (Å²) in [5.74, 6) is -10.2. The van der Waals surface area contributed by atoms with Crippen LogP contribution in [0.1, 0.15) is 18.1 Å². The highest BCUT2D eigenvalue weighted by Gasteiger charge is 2.74. The molecular formula is C10H6BrF5O. The van der Waals surface area contributed by atoms with Crippen molar-refractivity contribution in [3.05, 3.63) is 33.5 Å². The molecule has 1 atom stereocenters. The lowest BCUT2D eigenvalue weighted by atomic mass is 9.96. The fraction of sp³-hybridized carbons (Fsp3) is 0.400. The Kier molecular flexibility index (Phi) is 2.40. The summed E-state index contributed by atoms with van der Waals surface area (Å²) >= 11 is 2.61. The summed E-state index contributed by atoms with van der Waals surface area (Å²) in [7, 11) is 0. The first-order chi connectivity index (χ1) is 7.55. The van der Waals surface area contributed by atoms with Gasteiger partial charge in [0.1, 0.15) is 5.82 Å². The Labute approximate surface area is 101 Å². The monoisotopic (exact) mass is 316 g/mol. The molecule has 94 valence electrons. The molecule has 1 nitrogen and oxygen atoms in total. The van der Waals surface area contributed by atoms with Gasteiger partial charge in [-0.3, -0.25) is 0 Å². The number of fused-ring (bicyclic) bond motifs is 1. The van der Waals surface area contributed by atoms with Crippen molar-refractivity contribution in [2.45, 2.75) is 24.4 Å². The molecule has 7 heteroatoms. The van der Waals surface area contributed by atoms with Crippen LogP contribution in [0.3, 0.4) is 0 Å². The molecule has 1 N–H and O–H groups in total. The molecule has 0 amide bonds. The topological polar surface area (TPSA) is 20.2 Å². The number of halogens is 6. The zero-order chi connectivity index (χ0) is 13.2. The molecule has 0 aromatic heterocycles. The van der Waals surface area contributed by atoms with E-state index in [0.29, 0.717) is 19.1 Å². The van der Waals surface area contributed by atoms with Crippen molar-refractivity contribution in [2.75, 3.05) is 0 Å². The molecular weight excluding hydrogens is 311 g/mol. The first-order valence-electron chi connectivity index (χ1n) is 4.52. The molecule has 17 heavy (non-hydrogen) atoms. The van der Waals surface area contributed by atoms with Gasteiger partial charge in [-0.2, -0.15) is 17.6 Å². The van der Waals surface area contributed by atoms with E-state index in [4.69, 9.17) is 0 Å². The SMILES string of the molecule is CC1(O)c2c(ccc(F)c2Br)C(F)(F)C1(F)F. The maximum absolute atomic E-state index is 13.5. The zero-order valence-electron chi connectivity index (χ0n) is 8.37. The van der Waals surface area contributed by atoms with Gasteiger partial charge in [-0.1, -0.05) is 0 Å². The van der Waals surface area contributed by atoms with Gasteiger partial charge in [0.2, 0.25) is 0 Å². The molecule has 1 unspecified atom stereocenters. The van der Waals surface area contributed by atoms with Gasteiger partial charge in [0.05, 0.1) is 4.47 Å². The Morgan fingerprint density at radius 2 is 1.71 bits per heavy atom. The van der Waals surface area contributed by atoms with Gasteiger partial charge >= 0.3 is 11.8 Å². The fourth-order valence-electron chi connectivity index (χ4n) is 1.92. The van der Waals surface area contributed by atoms with Crippen molar-refractivity contribution in [3.63, 3.8) is 0 Å². The first-order valence-corrected chi connectivity index (χ1v) is 5.31. The zero-order valence-corrected chi connectivity index (χ0v) is 9.96. The van der Waals surface area contributed by atoms with E-state index in [0.717, 1.165) is 0 Å². The molecule has 0 spiro atoms. The standard InChI is InChI=1S/C10H6BrF5O/c1-8(17)6-4(2-3-5(12)7(6)11)9(13,14)10(8,15)16/h2-3,17H,1H3. The number of hydrogen-bond acceptors (Lipinski definition) is 1. The van der Waals surface area contributed by atoms with Crippen LogP contribution in [0, 0.1) is 5.82 Å². The number of alkyl halides is 4. The maximum Gasteiger partial charge on any atom is 0.346 e. The van der Waals surface area contributed by atoms with Crippen molar-refractivity contribution >= 4 is 15.9 Å². The van der Waals surface area contributed by atoms with Crippen LogP contribution in [-0.2, 0) is 11.5 Å². The largest absolute Gasteiger partial charge is 0.379 e. The summed E-state index contributed by atoms with van der Waals surface area (Å²) < 4.78 is 66.5. The predicted molar refractivity (Wildman–Crippen MR) is 52.5 cm³/mol. The second-order valence-corrected chi connectivity index (χ2v) is 4.80. The third-order valence-electron chi connectivity index (χ3n) is 2.93. The molecule has 1 aromatic rings. The average Bonchev–Trinajstić information content (AvgIpc) is 2.29. The third-order valence-corrected chi connectivity index (χ3v) is 3.70. The third kappa shape index (κ3) is 1.26. The van der Waals surface area contributed by atoms with Crippen LogP contribution in [0.25, 0.3) is 0 Å². The summed E-state index contributed by atoms with van der Waals surface area (Å²) in [5.41, 5.74) is -5.01. The van der Waals surface area contributed by atoms with Crippen LogP contribution in [0.4, 0.5) is 22.0 Å². The van der Waals surface area contributed by atoms with E-state index in [2.05, 4.69) is 15.9 Å². The molecule has 1 aromatic carbocycles. The highest BCUT2D eigenvalue weighted by Crippen LogP contribution is 2.61. The number of aliphatic hydroxyl groups is 1. The minimum Gasteiger partial charge on any atom is -0.379 e. The van der Waals surface area contributed by atoms with Crippen LogP contribution in [0.2, 0.25) is 0 Å². The van der Waals surface area contributed by atoms with Crippen molar-refractivity contribution in [3.8, 4) is 0 Å². The van der Waals surface area contributed by atoms with E-state index in [-0.39, 0.29) is 0 Å².